The van der Waals surface area contributed by atoms with Crippen LogP contribution in [0.2, 0.25) is 0 Å². The summed E-state index contributed by atoms with van der Waals surface area (Å²) in [6.07, 6.45) is 1.69. The minimum atomic E-state index is -0.369. The molecule has 15 heavy (non-hydrogen) atoms. The lowest BCUT2D eigenvalue weighted by molar-refractivity contribution is 0.0603. The molecular formula is C11H11NO3. The minimum absolute atomic E-state index is 0.181. The zero-order valence-electron chi connectivity index (χ0n) is 8.52. The van der Waals surface area contributed by atoms with Crippen molar-refractivity contribution in [3.05, 3.63) is 30.0 Å². The lowest BCUT2D eigenvalue weighted by Crippen LogP contribution is -1.99. The summed E-state index contributed by atoms with van der Waals surface area (Å²) in [7, 11) is 3.16. The number of methoxy groups -OCH3 is 1. The van der Waals surface area contributed by atoms with Crippen LogP contribution in [-0.4, -0.2) is 22.8 Å². The number of ether oxygens (including phenoxy) is 1. The largest absolute Gasteiger partial charge is 0.508 e. The van der Waals surface area contributed by atoms with Gasteiger partial charge < -0.3 is 14.4 Å². The number of aryl methyl sites for hydroxylation is 1. The maximum absolute atomic E-state index is 11.4. The van der Waals surface area contributed by atoms with Gasteiger partial charge in [-0.05, 0) is 12.1 Å². The topological polar surface area (TPSA) is 51.5 Å². The number of hydrogen-bond donors (Lipinski definition) is 1. The third kappa shape index (κ3) is 1.44. The average molecular weight is 205 g/mol. The van der Waals surface area contributed by atoms with Crippen LogP contribution in [0.15, 0.2) is 24.4 Å². The molecule has 0 saturated heterocycles. The van der Waals surface area contributed by atoms with E-state index in [0.717, 1.165) is 10.9 Å². The highest BCUT2D eigenvalue weighted by Gasteiger charge is 2.14. The van der Waals surface area contributed by atoms with E-state index in [-0.39, 0.29) is 11.7 Å². The first-order valence-corrected chi connectivity index (χ1v) is 4.50. The molecule has 1 aromatic carbocycles. The highest BCUT2D eigenvalue weighted by molar-refractivity contribution is 6.04. The molecule has 0 aliphatic rings. The first kappa shape index (κ1) is 9.58. The van der Waals surface area contributed by atoms with E-state index in [1.807, 2.05) is 7.05 Å². The molecular weight excluding hydrogens is 194 g/mol. The summed E-state index contributed by atoms with van der Waals surface area (Å²) in [5.74, 6) is -0.189. The van der Waals surface area contributed by atoms with Gasteiger partial charge in [-0.3, -0.25) is 0 Å². The van der Waals surface area contributed by atoms with E-state index in [1.54, 1.807) is 29.0 Å². The number of esters is 1. The molecule has 4 heteroatoms. The van der Waals surface area contributed by atoms with Gasteiger partial charge in [-0.2, -0.15) is 0 Å². The zero-order chi connectivity index (χ0) is 11.0. The molecule has 2 aromatic rings. The number of phenolic OH excluding ortho intramolecular Hbond substituents is 1. The van der Waals surface area contributed by atoms with Gasteiger partial charge in [0.2, 0.25) is 0 Å². The second kappa shape index (κ2) is 3.31. The average Bonchev–Trinajstić information content (AvgIpc) is 2.55. The Bertz CT molecular complexity index is 528. The van der Waals surface area contributed by atoms with Crippen molar-refractivity contribution in [3.63, 3.8) is 0 Å². The van der Waals surface area contributed by atoms with Crippen LogP contribution >= 0.6 is 0 Å². The summed E-state index contributed by atoms with van der Waals surface area (Å²) in [6.45, 7) is 0. The zero-order valence-corrected chi connectivity index (χ0v) is 8.52. The fraction of sp³-hybridized carbons (Fsp3) is 0.182. The van der Waals surface area contributed by atoms with Gasteiger partial charge >= 0.3 is 5.97 Å². The predicted octanol–water partition coefficient (Wildman–Crippen LogP) is 1.67. The number of aromatic nitrogens is 1. The Morgan fingerprint density at radius 3 is 2.87 bits per heavy atom. The van der Waals surface area contributed by atoms with Gasteiger partial charge in [0, 0.05) is 24.7 Å². The van der Waals surface area contributed by atoms with Crippen LogP contribution < -0.4 is 0 Å². The van der Waals surface area contributed by atoms with Crippen molar-refractivity contribution in [1.29, 1.82) is 0 Å². The molecule has 0 fully saturated rings. The number of fused-ring (bicyclic) bond motifs is 1. The molecule has 78 valence electrons. The molecule has 0 spiro atoms. The van der Waals surface area contributed by atoms with E-state index in [0.29, 0.717) is 5.56 Å². The van der Waals surface area contributed by atoms with Crippen LogP contribution in [0.3, 0.4) is 0 Å². The second-order valence-electron chi connectivity index (χ2n) is 3.35. The van der Waals surface area contributed by atoms with Gasteiger partial charge in [0.15, 0.2) is 0 Å². The molecule has 0 radical (unpaired) electrons. The van der Waals surface area contributed by atoms with Crippen molar-refractivity contribution in [1.82, 2.24) is 4.57 Å². The Labute approximate surface area is 86.7 Å². The van der Waals surface area contributed by atoms with Crippen molar-refractivity contribution in [2.75, 3.05) is 7.11 Å². The Hall–Kier alpha value is -1.97. The van der Waals surface area contributed by atoms with E-state index in [2.05, 4.69) is 4.74 Å². The highest BCUT2D eigenvalue weighted by Crippen LogP contribution is 2.24. The minimum Gasteiger partial charge on any atom is -0.508 e. The number of carbonyl (C=O) groups excluding carboxylic acids is 1. The lowest BCUT2D eigenvalue weighted by atomic mass is 10.2. The van der Waals surface area contributed by atoms with Crippen molar-refractivity contribution in [2.45, 2.75) is 0 Å². The van der Waals surface area contributed by atoms with E-state index in [1.165, 1.54) is 7.11 Å². The van der Waals surface area contributed by atoms with Gasteiger partial charge in [0.1, 0.15) is 5.75 Å². The number of carbonyl (C=O) groups is 1. The molecule has 0 atom stereocenters. The van der Waals surface area contributed by atoms with Gasteiger partial charge in [0.05, 0.1) is 18.2 Å². The molecule has 0 bridgehead atoms. The number of rotatable bonds is 1. The summed E-state index contributed by atoms with van der Waals surface area (Å²) < 4.78 is 6.45. The first-order valence-electron chi connectivity index (χ1n) is 4.50. The van der Waals surface area contributed by atoms with Crippen molar-refractivity contribution in [3.8, 4) is 5.75 Å². The van der Waals surface area contributed by atoms with E-state index >= 15 is 0 Å². The second-order valence-corrected chi connectivity index (χ2v) is 3.35. The Morgan fingerprint density at radius 1 is 1.47 bits per heavy atom. The summed E-state index contributed by atoms with van der Waals surface area (Å²) >= 11 is 0. The maximum Gasteiger partial charge on any atom is 0.340 e. The molecule has 4 nitrogen and oxygen atoms in total. The molecule has 0 unspecified atom stereocenters. The van der Waals surface area contributed by atoms with Crippen LogP contribution in [0.4, 0.5) is 0 Å². The summed E-state index contributed by atoms with van der Waals surface area (Å²) in [6, 6.07) is 4.87. The third-order valence-electron chi connectivity index (χ3n) is 2.38. The van der Waals surface area contributed by atoms with Crippen molar-refractivity contribution in [2.24, 2.45) is 7.05 Å². The predicted molar refractivity (Wildman–Crippen MR) is 55.9 cm³/mol. The quantitative estimate of drug-likeness (QED) is 0.720. The Balaban J connectivity index is 2.73. The van der Waals surface area contributed by atoms with Crippen LogP contribution in [0.1, 0.15) is 10.4 Å². The first-order chi connectivity index (χ1) is 7.13. The Kier molecular flexibility index (Phi) is 2.11. The maximum atomic E-state index is 11.4. The molecule has 0 aliphatic carbocycles. The lowest BCUT2D eigenvalue weighted by Gasteiger charge is -1.97. The molecule has 0 saturated carbocycles. The Morgan fingerprint density at radius 2 is 2.20 bits per heavy atom. The molecule has 1 heterocycles. The van der Waals surface area contributed by atoms with Gasteiger partial charge in [-0.25, -0.2) is 4.79 Å². The number of nitrogens with zero attached hydrogens (tertiary/aromatic N) is 1. The SMILES string of the molecule is COC(=O)c1cn(C)c2cc(O)ccc12. The molecule has 2 rings (SSSR count). The van der Waals surface area contributed by atoms with Crippen LogP contribution in [-0.2, 0) is 11.8 Å². The van der Waals surface area contributed by atoms with Crippen LogP contribution in [0, 0.1) is 0 Å². The van der Waals surface area contributed by atoms with E-state index in [4.69, 9.17) is 0 Å². The van der Waals surface area contributed by atoms with E-state index in [9.17, 15) is 9.90 Å². The molecule has 1 aromatic heterocycles. The monoisotopic (exact) mass is 205 g/mol. The molecule has 1 N–H and O–H groups in total. The number of phenols is 1. The number of aromatic hydroxyl groups is 1. The molecule has 0 aliphatic heterocycles. The standard InChI is InChI=1S/C11H11NO3/c1-12-6-9(11(14)15-2)8-4-3-7(13)5-10(8)12/h3-6,13H,1-2H3. The van der Waals surface area contributed by atoms with E-state index < -0.39 is 0 Å². The third-order valence-corrected chi connectivity index (χ3v) is 2.38. The fourth-order valence-corrected chi connectivity index (χ4v) is 1.64. The van der Waals surface area contributed by atoms with Gasteiger partial charge in [-0.1, -0.05) is 0 Å². The van der Waals surface area contributed by atoms with Crippen LogP contribution in [0.5, 0.6) is 5.75 Å². The fourth-order valence-electron chi connectivity index (χ4n) is 1.64. The number of hydrogen-bond acceptors (Lipinski definition) is 3. The summed E-state index contributed by atoms with van der Waals surface area (Å²) in [5.41, 5.74) is 1.31. The highest BCUT2D eigenvalue weighted by atomic mass is 16.5. The van der Waals surface area contributed by atoms with Crippen molar-refractivity contribution < 1.29 is 14.6 Å². The van der Waals surface area contributed by atoms with Gasteiger partial charge in [-0.15, -0.1) is 0 Å². The number of benzene rings is 1. The summed E-state index contributed by atoms with van der Waals surface area (Å²) in [4.78, 5) is 11.4. The summed E-state index contributed by atoms with van der Waals surface area (Å²) in [5, 5.41) is 10.1. The smallest absolute Gasteiger partial charge is 0.340 e. The normalized spacial score (nSPS) is 10.5. The van der Waals surface area contributed by atoms with Crippen molar-refractivity contribution >= 4 is 16.9 Å². The van der Waals surface area contributed by atoms with Crippen LogP contribution in [0.25, 0.3) is 10.9 Å². The van der Waals surface area contributed by atoms with Gasteiger partial charge in [0.25, 0.3) is 0 Å². The molecule has 0 amide bonds.